The van der Waals surface area contributed by atoms with Crippen LogP contribution in [-0.2, 0) is 20.2 Å². The summed E-state index contributed by atoms with van der Waals surface area (Å²) < 4.78 is 78.1. The Morgan fingerprint density at radius 1 is 0.589 bits per heavy atom. The molecule has 18 nitrogen and oxygen atoms in total. The van der Waals surface area contributed by atoms with E-state index in [-0.39, 0.29) is 98.9 Å². The number of rotatable bonds is 12. The number of fused-ring (bicyclic) bond motifs is 2. The number of ether oxygens (including phenoxy) is 2. The number of carbonyl (C=O) groups is 2. The summed E-state index contributed by atoms with van der Waals surface area (Å²) >= 11 is 12.3. The van der Waals surface area contributed by atoms with Crippen molar-refractivity contribution in [1.82, 2.24) is 0 Å². The van der Waals surface area contributed by atoms with Crippen molar-refractivity contribution < 1.29 is 55.2 Å². The number of nitrogens with one attached hydrogen (secondary N) is 2. The van der Waals surface area contributed by atoms with E-state index >= 15 is 0 Å². The van der Waals surface area contributed by atoms with Crippen LogP contribution in [0.3, 0.4) is 0 Å². The van der Waals surface area contributed by atoms with Crippen LogP contribution in [0, 0.1) is 13.8 Å². The molecule has 2 amide bonds. The normalized spacial score (nSPS) is 11.5. The zero-order valence-corrected chi connectivity index (χ0v) is 46.3. The number of amides is 2. The second kappa shape index (κ2) is 23.6. The molecule has 0 aromatic heterocycles. The van der Waals surface area contributed by atoms with Crippen LogP contribution in [0.25, 0.3) is 21.5 Å². The number of halogens is 2. The van der Waals surface area contributed by atoms with Gasteiger partial charge in [-0.1, -0.05) is 89.6 Å². The summed E-state index contributed by atoms with van der Waals surface area (Å²) in [6.07, 6.45) is 0. The molecule has 0 bridgehead atoms. The number of azo groups is 2. The van der Waals surface area contributed by atoms with Crippen LogP contribution < -0.4 is 25.2 Å². The summed E-state index contributed by atoms with van der Waals surface area (Å²) in [7, 11) is -6.43. The third kappa shape index (κ3) is 12.9. The van der Waals surface area contributed by atoms with E-state index < -0.39 is 58.4 Å². The summed E-state index contributed by atoms with van der Waals surface area (Å²) in [5.74, 6) is -1.13. The van der Waals surface area contributed by atoms with Crippen molar-refractivity contribution >= 4 is 160 Å². The third-order valence-electron chi connectivity index (χ3n) is 10.7. The van der Waals surface area contributed by atoms with Crippen molar-refractivity contribution in [3.05, 3.63) is 166 Å². The van der Waals surface area contributed by atoms with Gasteiger partial charge in [-0.05, 0) is 109 Å². The SMILES string of the molecule is COc1ccc(NC(=O)c2cc3ccccc3c(N=Nc3ccc(C)c(S(=O)(=O)O)c3Cl)c2O)cc1.COc1ccc(NC(=O)c2cc3ccccc3c(N=Nc3ccc(C)c(S(=O)(=O)[O-])c3Cl)c2[O-])cc1.[Ba+2]. The second-order valence-corrected chi connectivity index (χ2v) is 18.9. The molecule has 8 aromatic carbocycles. The maximum absolute atomic E-state index is 13.3. The number of carbonyl (C=O) groups excluding carboxylic acids is 2. The Balaban J connectivity index is 0.000000235. The van der Waals surface area contributed by atoms with Crippen LogP contribution in [0.15, 0.2) is 164 Å². The monoisotopic (exact) mass is 1190 g/mol. The summed E-state index contributed by atoms with van der Waals surface area (Å²) in [6.45, 7) is 2.89. The predicted octanol–water partition coefficient (Wildman–Crippen LogP) is 11.5. The minimum absolute atomic E-state index is 0. The van der Waals surface area contributed by atoms with Gasteiger partial charge in [-0.2, -0.15) is 13.5 Å². The van der Waals surface area contributed by atoms with Crippen LogP contribution in [0.1, 0.15) is 31.8 Å². The Hall–Kier alpha value is -6.41. The molecular formula is C50H38BaCl2N6O12S2. The topological polar surface area (TPSA) is 281 Å². The fourth-order valence-corrected chi connectivity index (χ4v) is 9.85. The Morgan fingerprint density at radius 3 is 1.47 bits per heavy atom. The summed E-state index contributed by atoms with van der Waals surface area (Å²) in [5, 5.41) is 47.1. The van der Waals surface area contributed by atoms with Crippen LogP contribution in [0.2, 0.25) is 10.0 Å². The standard InChI is InChI=1S/2C25H20ClN3O6S.Ba/c2*1-14-7-12-20(21(26)24(14)36(32,33)34)28-29-22-18-6-4-3-5-15(18)13-19(23(22)30)25(31)27-16-8-10-17(35-2)11-9-16;/h2*3-13,30H,1-2H3,(H,27,31)(H,32,33,34);/q;;+2/p-2. The van der Waals surface area contributed by atoms with Crippen LogP contribution in [0.4, 0.5) is 34.1 Å². The van der Waals surface area contributed by atoms with Gasteiger partial charge in [-0.3, -0.25) is 14.1 Å². The second-order valence-electron chi connectivity index (χ2n) is 15.4. The minimum Gasteiger partial charge on any atom is -0.870 e. The fraction of sp³-hybridized carbons (Fsp3) is 0.0800. The molecule has 0 aliphatic rings. The molecule has 0 saturated heterocycles. The number of benzene rings is 8. The molecule has 0 heterocycles. The van der Waals surface area contributed by atoms with Crippen molar-refractivity contribution in [3.63, 3.8) is 0 Å². The van der Waals surface area contributed by atoms with Gasteiger partial charge in [0, 0.05) is 27.7 Å². The summed E-state index contributed by atoms with van der Waals surface area (Å²) in [6, 6.07) is 35.5. The molecule has 0 unspecified atom stereocenters. The van der Waals surface area contributed by atoms with E-state index in [2.05, 4.69) is 31.1 Å². The molecule has 73 heavy (non-hydrogen) atoms. The molecule has 8 rings (SSSR count). The van der Waals surface area contributed by atoms with E-state index in [1.165, 1.54) is 64.5 Å². The summed E-state index contributed by atoms with van der Waals surface area (Å²) in [5.41, 5.74) is 0.778. The van der Waals surface area contributed by atoms with Gasteiger partial charge in [0.05, 0.1) is 40.4 Å². The van der Waals surface area contributed by atoms with E-state index in [4.69, 9.17) is 32.7 Å². The van der Waals surface area contributed by atoms with Crippen LogP contribution >= 0.6 is 23.2 Å². The Kier molecular flexibility index (Phi) is 18.1. The Labute approximate surface area is 468 Å². The average molecular weight is 1190 g/mol. The van der Waals surface area contributed by atoms with Crippen LogP contribution in [0.5, 0.6) is 23.0 Å². The van der Waals surface area contributed by atoms with E-state index in [1.807, 2.05) is 0 Å². The van der Waals surface area contributed by atoms with E-state index in [0.717, 1.165) is 0 Å². The molecule has 0 spiro atoms. The molecule has 368 valence electrons. The minimum atomic E-state index is -4.87. The Bertz CT molecular complexity index is 3490. The molecule has 8 aromatic rings. The molecule has 4 N–H and O–H groups in total. The molecule has 0 aliphatic carbocycles. The number of nitrogens with zero attached hydrogens (tertiary/aromatic N) is 4. The van der Waals surface area contributed by atoms with Crippen molar-refractivity contribution in [3.8, 4) is 23.0 Å². The largest absolute Gasteiger partial charge is 2.00 e. The zero-order valence-electron chi connectivity index (χ0n) is 38.7. The number of aryl methyl sites for hydroxylation is 2. The van der Waals surface area contributed by atoms with Crippen molar-refractivity contribution in [2.45, 2.75) is 23.6 Å². The first-order chi connectivity index (χ1) is 34.2. The number of aromatic hydroxyl groups is 1. The van der Waals surface area contributed by atoms with Crippen LogP contribution in [-0.4, -0.2) is 106 Å². The van der Waals surface area contributed by atoms with Gasteiger partial charge in [0.25, 0.3) is 21.9 Å². The molecular weight excluding hydrogens is 1150 g/mol. The molecule has 0 aliphatic heterocycles. The molecule has 0 radical (unpaired) electrons. The first-order valence-corrected chi connectivity index (χ1v) is 24.5. The van der Waals surface area contributed by atoms with Gasteiger partial charge >= 0.3 is 48.9 Å². The smallest absolute Gasteiger partial charge is 0.870 e. The van der Waals surface area contributed by atoms with Gasteiger partial charge in [-0.25, -0.2) is 8.42 Å². The van der Waals surface area contributed by atoms with Crippen molar-refractivity contribution in [1.29, 1.82) is 0 Å². The summed E-state index contributed by atoms with van der Waals surface area (Å²) in [4.78, 5) is 24.9. The zero-order chi connectivity index (χ0) is 52.1. The number of phenolic OH excluding ortho intramolecular Hbond substituents is 1. The van der Waals surface area contributed by atoms with Gasteiger partial charge < -0.3 is 34.9 Å². The van der Waals surface area contributed by atoms with E-state index in [9.17, 15) is 45.7 Å². The molecule has 23 heteroatoms. The average Bonchev–Trinajstić information content (AvgIpc) is 3.34. The number of methoxy groups -OCH3 is 2. The number of phenols is 1. The Morgan fingerprint density at radius 2 is 1.00 bits per heavy atom. The predicted molar refractivity (Wildman–Crippen MR) is 275 cm³/mol. The first-order valence-electron chi connectivity index (χ1n) is 20.9. The third-order valence-corrected chi connectivity index (χ3v) is 13.8. The maximum Gasteiger partial charge on any atom is 2.00 e. The van der Waals surface area contributed by atoms with Gasteiger partial charge in [0.1, 0.15) is 43.6 Å². The fourth-order valence-electron chi connectivity index (χ4n) is 7.18. The quantitative estimate of drug-likeness (QED) is 0.0505. The van der Waals surface area contributed by atoms with Crippen molar-refractivity contribution in [2.75, 3.05) is 24.9 Å². The van der Waals surface area contributed by atoms with Gasteiger partial charge in [0.2, 0.25) is 0 Å². The van der Waals surface area contributed by atoms with Gasteiger partial charge in [0.15, 0.2) is 5.75 Å². The molecule has 0 atom stereocenters. The number of anilines is 2. The number of hydrogen-bond donors (Lipinski definition) is 4. The first kappa shape index (κ1) is 55.9. The molecule has 0 fully saturated rings. The van der Waals surface area contributed by atoms with E-state index in [0.29, 0.717) is 44.4 Å². The molecule has 0 saturated carbocycles. The number of hydrogen-bond acceptors (Lipinski definition) is 15. The van der Waals surface area contributed by atoms with Gasteiger partial charge in [-0.15, -0.1) is 15.3 Å². The van der Waals surface area contributed by atoms with E-state index in [1.54, 1.807) is 97.1 Å². The van der Waals surface area contributed by atoms with Crippen molar-refractivity contribution in [2.24, 2.45) is 20.5 Å². The maximum atomic E-state index is 13.3.